The minimum atomic E-state index is 0.0224. The summed E-state index contributed by atoms with van der Waals surface area (Å²) >= 11 is 9.15. The van der Waals surface area contributed by atoms with Crippen LogP contribution in [0.25, 0.3) is 0 Å². The molecule has 2 nitrogen and oxygen atoms in total. The molecule has 0 aliphatic rings. The van der Waals surface area contributed by atoms with E-state index in [4.69, 9.17) is 11.6 Å². The van der Waals surface area contributed by atoms with Crippen LogP contribution in [-0.2, 0) is 0 Å². The van der Waals surface area contributed by atoms with Crippen molar-refractivity contribution in [2.24, 2.45) is 0 Å². The second-order valence-electron chi connectivity index (χ2n) is 3.36. The summed E-state index contributed by atoms with van der Waals surface area (Å²) in [7, 11) is 1.80. The van der Waals surface area contributed by atoms with E-state index in [0.717, 1.165) is 17.4 Å². The molecule has 1 rings (SSSR count). The molecule has 1 amide bonds. The Kier molecular flexibility index (Phi) is 4.61. The van der Waals surface area contributed by atoms with Crippen molar-refractivity contribution >= 4 is 33.4 Å². The molecule has 0 heterocycles. The average molecular weight is 291 g/mol. The van der Waals surface area contributed by atoms with Gasteiger partial charge in [-0.2, -0.15) is 0 Å². The van der Waals surface area contributed by atoms with Crippen molar-refractivity contribution < 1.29 is 4.79 Å². The molecule has 0 bridgehead atoms. The van der Waals surface area contributed by atoms with Gasteiger partial charge in [0.15, 0.2) is 0 Å². The molecule has 0 aliphatic carbocycles. The zero-order valence-electron chi connectivity index (χ0n) is 8.76. The lowest BCUT2D eigenvalue weighted by molar-refractivity contribution is 0.0795. The van der Waals surface area contributed by atoms with Gasteiger partial charge >= 0.3 is 0 Å². The van der Waals surface area contributed by atoms with Crippen molar-refractivity contribution in [2.75, 3.05) is 13.6 Å². The van der Waals surface area contributed by atoms with Crippen molar-refractivity contribution in [3.63, 3.8) is 0 Å². The number of carbonyl (C=O) groups is 1. The Balaban J connectivity index is 2.87. The molecule has 1 aromatic carbocycles. The fraction of sp³-hybridized carbons (Fsp3) is 0.364. The number of amides is 1. The Morgan fingerprint density at radius 2 is 2.20 bits per heavy atom. The summed E-state index contributed by atoms with van der Waals surface area (Å²) < 4.78 is 0.750. The van der Waals surface area contributed by atoms with Gasteiger partial charge in [-0.1, -0.05) is 18.5 Å². The fourth-order valence-corrected chi connectivity index (χ4v) is 1.78. The third kappa shape index (κ3) is 3.21. The molecule has 0 saturated heterocycles. The number of hydrogen-bond acceptors (Lipinski definition) is 1. The Bertz CT molecular complexity index is 368. The molecule has 0 aromatic heterocycles. The maximum Gasteiger partial charge on any atom is 0.253 e. The molecule has 0 aliphatic heterocycles. The Morgan fingerprint density at radius 1 is 1.53 bits per heavy atom. The lowest BCUT2D eigenvalue weighted by Gasteiger charge is -2.16. The van der Waals surface area contributed by atoms with E-state index in [2.05, 4.69) is 15.9 Å². The van der Waals surface area contributed by atoms with Crippen molar-refractivity contribution in [3.05, 3.63) is 33.3 Å². The van der Waals surface area contributed by atoms with Crippen molar-refractivity contribution in [3.8, 4) is 0 Å². The zero-order valence-corrected chi connectivity index (χ0v) is 11.1. The smallest absolute Gasteiger partial charge is 0.253 e. The van der Waals surface area contributed by atoms with E-state index in [1.165, 1.54) is 0 Å². The highest BCUT2D eigenvalue weighted by molar-refractivity contribution is 9.10. The van der Waals surface area contributed by atoms with Gasteiger partial charge in [-0.3, -0.25) is 4.79 Å². The van der Waals surface area contributed by atoms with Gasteiger partial charge in [-0.25, -0.2) is 0 Å². The van der Waals surface area contributed by atoms with Crippen LogP contribution in [-0.4, -0.2) is 24.4 Å². The van der Waals surface area contributed by atoms with E-state index in [1.54, 1.807) is 30.1 Å². The Labute approximate surface area is 103 Å². The van der Waals surface area contributed by atoms with Crippen LogP contribution in [0.15, 0.2) is 22.7 Å². The molecule has 4 heteroatoms. The minimum Gasteiger partial charge on any atom is -0.342 e. The van der Waals surface area contributed by atoms with Crippen molar-refractivity contribution in [2.45, 2.75) is 13.3 Å². The summed E-state index contributed by atoms with van der Waals surface area (Å²) in [6.07, 6.45) is 0.955. The Morgan fingerprint density at radius 3 is 2.73 bits per heavy atom. The van der Waals surface area contributed by atoms with Crippen LogP contribution >= 0.6 is 27.5 Å². The van der Waals surface area contributed by atoms with E-state index >= 15 is 0 Å². The third-order valence-corrected chi connectivity index (χ3v) is 3.29. The summed E-state index contributed by atoms with van der Waals surface area (Å²) in [5.41, 5.74) is 0.655. The average Bonchev–Trinajstić information content (AvgIpc) is 2.21. The van der Waals surface area contributed by atoms with Crippen LogP contribution in [0.2, 0.25) is 5.02 Å². The molecule has 0 saturated carbocycles. The first kappa shape index (κ1) is 12.5. The number of hydrogen-bond donors (Lipinski definition) is 0. The van der Waals surface area contributed by atoms with Crippen molar-refractivity contribution in [1.29, 1.82) is 0 Å². The highest BCUT2D eigenvalue weighted by atomic mass is 79.9. The van der Waals surface area contributed by atoms with Crippen LogP contribution in [0.4, 0.5) is 0 Å². The highest BCUT2D eigenvalue weighted by Gasteiger charge is 2.11. The van der Waals surface area contributed by atoms with Gasteiger partial charge in [-0.05, 0) is 40.5 Å². The maximum absolute atomic E-state index is 11.9. The fourth-order valence-electron chi connectivity index (χ4n) is 1.29. The standard InChI is InChI=1S/C11H13BrClNO/c1-3-6-14(2)11(15)8-4-5-10(13)9(12)7-8/h4-5,7H,3,6H2,1-2H3. The lowest BCUT2D eigenvalue weighted by atomic mass is 10.2. The van der Waals surface area contributed by atoms with Gasteiger partial charge in [0, 0.05) is 23.6 Å². The van der Waals surface area contributed by atoms with Gasteiger partial charge in [0.2, 0.25) is 0 Å². The molecule has 82 valence electrons. The number of nitrogens with zero attached hydrogens (tertiary/aromatic N) is 1. The second kappa shape index (κ2) is 5.52. The normalized spacial score (nSPS) is 10.1. The third-order valence-electron chi connectivity index (χ3n) is 2.07. The number of carbonyl (C=O) groups excluding carboxylic acids is 1. The molecular weight excluding hydrogens is 277 g/mol. The van der Waals surface area contributed by atoms with Crippen LogP contribution in [0.3, 0.4) is 0 Å². The molecule has 0 unspecified atom stereocenters. The summed E-state index contributed by atoms with van der Waals surface area (Å²) in [5, 5.41) is 0.615. The summed E-state index contributed by atoms with van der Waals surface area (Å²) in [6.45, 7) is 2.81. The molecule has 0 radical (unpaired) electrons. The molecule has 15 heavy (non-hydrogen) atoms. The first-order chi connectivity index (χ1) is 7.06. The Hall–Kier alpha value is -0.540. The molecular formula is C11H13BrClNO. The predicted molar refractivity (Wildman–Crippen MR) is 66.4 cm³/mol. The predicted octanol–water partition coefficient (Wildman–Crippen LogP) is 3.58. The molecule has 0 spiro atoms. The first-order valence-electron chi connectivity index (χ1n) is 4.76. The van der Waals surface area contributed by atoms with Gasteiger partial charge < -0.3 is 4.90 Å². The van der Waals surface area contributed by atoms with Gasteiger partial charge in [0.25, 0.3) is 5.91 Å². The van der Waals surface area contributed by atoms with Crippen LogP contribution in [0, 0.1) is 0 Å². The van der Waals surface area contributed by atoms with Crippen LogP contribution < -0.4 is 0 Å². The van der Waals surface area contributed by atoms with E-state index in [9.17, 15) is 4.79 Å². The summed E-state index contributed by atoms with van der Waals surface area (Å²) in [6, 6.07) is 5.21. The van der Waals surface area contributed by atoms with Gasteiger partial charge in [0.1, 0.15) is 0 Å². The highest BCUT2D eigenvalue weighted by Crippen LogP contribution is 2.23. The number of halogens is 2. The lowest BCUT2D eigenvalue weighted by Crippen LogP contribution is -2.27. The molecule has 1 aromatic rings. The van der Waals surface area contributed by atoms with E-state index in [-0.39, 0.29) is 5.91 Å². The van der Waals surface area contributed by atoms with E-state index in [1.807, 2.05) is 6.92 Å². The quantitative estimate of drug-likeness (QED) is 0.833. The van der Waals surface area contributed by atoms with Crippen molar-refractivity contribution in [1.82, 2.24) is 4.90 Å². The monoisotopic (exact) mass is 289 g/mol. The summed E-state index contributed by atoms with van der Waals surface area (Å²) in [4.78, 5) is 13.6. The molecule has 0 fully saturated rings. The first-order valence-corrected chi connectivity index (χ1v) is 5.94. The largest absolute Gasteiger partial charge is 0.342 e. The zero-order chi connectivity index (χ0) is 11.4. The van der Waals surface area contributed by atoms with Crippen LogP contribution in [0.1, 0.15) is 23.7 Å². The van der Waals surface area contributed by atoms with Crippen LogP contribution in [0.5, 0.6) is 0 Å². The number of rotatable bonds is 3. The topological polar surface area (TPSA) is 20.3 Å². The van der Waals surface area contributed by atoms with E-state index in [0.29, 0.717) is 10.6 Å². The van der Waals surface area contributed by atoms with Gasteiger partial charge in [0.05, 0.1) is 5.02 Å². The second-order valence-corrected chi connectivity index (χ2v) is 4.62. The molecule has 0 atom stereocenters. The minimum absolute atomic E-state index is 0.0224. The van der Waals surface area contributed by atoms with Gasteiger partial charge in [-0.15, -0.1) is 0 Å². The number of benzene rings is 1. The maximum atomic E-state index is 11.9. The molecule has 0 N–H and O–H groups in total. The SMILES string of the molecule is CCCN(C)C(=O)c1ccc(Cl)c(Br)c1. The van der Waals surface area contributed by atoms with E-state index < -0.39 is 0 Å². The summed E-state index contributed by atoms with van der Waals surface area (Å²) in [5.74, 6) is 0.0224.